The average molecular weight is 407 g/mol. The molecule has 0 aliphatic carbocycles. The van der Waals surface area contributed by atoms with E-state index in [1.54, 1.807) is 6.92 Å². The van der Waals surface area contributed by atoms with E-state index in [0.29, 0.717) is 24.7 Å². The van der Waals surface area contributed by atoms with Crippen molar-refractivity contribution in [3.05, 3.63) is 41.3 Å². The van der Waals surface area contributed by atoms with Gasteiger partial charge in [0.15, 0.2) is 0 Å². The van der Waals surface area contributed by atoms with Gasteiger partial charge in [-0.25, -0.2) is 13.1 Å². The van der Waals surface area contributed by atoms with E-state index in [1.807, 2.05) is 36.4 Å². The molecule has 2 heterocycles. The Labute approximate surface area is 163 Å². The van der Waals surface area contributed by atoms with Gasteiger partial charge in [0, 0.05) is 17.4 Å². The summed E-state index contributed by atoms with van der Waals surface area (Å²) in [6, 6.07) is 13.3. The van der Waals surface area contributed by atoms with Crippen LogP contribution >= 0.6 is 11.3 Å². The molecule has 0 saturated carbocycles. The van der Waals surface area contributed by atoms with Crippen LogP contribution in [0, 0.1) is 17.2 Å². The molecule has 27 heavy (non-hydrogen) atoms. The second-order valence-electron chi connectivity index (χ2n) is 6.36. The maximum absolute atomic E-state index is 11.9. The summed E-state index contributed by atoms with van der Waals surface area (Å²) in [4.78, 5) is 1.72. The number of benzene rings is 1. The average Bonchev–Trinajstić information content (AvgIpc) is 3.17. The van der Waals surface area contributed by atoms with Crippen LogP contribution in [0.1, 0.15) is 18.2 Å². The van der Waals surface area contributed by atoms with Crippen molar-refractivity contribution in [2.24, 2.45) is 5.92 Å². The summed E-state index contributed by atoms with van der Waals surface area (Å²) in [6.45, 7) is 3.02. The molecule has 0 radical (unpaired) electrons. The lowest BCUT2D eigenvalue weighted by molar-refractivity contribution is 0.0274. The molecule has 1 aromatic carbocycles. The molecular formula is C19H22N2O4S2. The first-order valence-electron chi connectivity index (χ1n) is 8.81. The zero-order chi connectivity index (χ0) is 19.3. The highest BCUT2D eigenvalue weighted by Gasteiger charge is 2.29. The van der Waals surface area contributed by atoms with Crippen LogP contribution in [-0.2, 0) is 14.8 Å². The lowest BCUT2D eigenvalue weighted by Gasteiger charge is -2.31. The van der Waals surface area contributed by atoms with Gasteiger partial charge in [0.1, 0.15) is 16.7 Å². The van der Waals surface area contributed by atoms with E-state index in [9.17, 15) is 8.42 Å². The van der Waals surface area contributed by atoms with Crippen LogP contribution in [0.2, 0.25) is 0 Å². The Morgan fingerprint density at radius 3 is 2.74 bits per heavy atom. The van der Waals surface area contributed by atoms with Crippen LogP contribution in [0.15, 0.2) is 36.4 Å². The van der Waals surface area contributed by atoms with E-state index in [-0.39, 0.29) is 17.7 Å². The summed E-state index contributed by atoms with van der Waals surface area (Å²) >= 11 is 1.45. The number of thiophene rings is 1. The molecule has 8 heteroatoms. The van der Waals surface area contributed by atoms with Crippen molar-refractivity contribution in [3.8, 4) is 22.3 Å². The summed E-state index contributed by atoms with van der Waals surface area (Å²) in [5, 5.41) is 8.93. The molecule has 1 aliphatic heterocycles. The van der Waals surface area contributed by atoms with Gasteiger partial charge in [-0.05, 0) is 55.3 Å². The van der Waals surface area contributed by atoms with Gasteiger partial charge in [-0.3, -0.25) is 0 Å². The number of ether oxygens (including phenoxy) is 2. The number of sulfonamides is 1. The van der Waals surface area contributed by atoms with Crippen LogP contribution in [0.25, 0.3) is 10.4 Å². The molecule has 3 rings (SSSR count). The fraction of sp³-hybridized carbons (Fsp3) is 0.421. The number of nitrogens with zero attached hydrogens (tertiary/aromatic N) is 1. The Morgan fingerprint density at radius 1 is 1.30 bits per heavy atom. The van der Waals surface area contributed by atoms with E-state index in [1.165, 1.54) is 11.3 Å². The van der Waals surface area contributed by atoms with Gasteiger partial charge in [-0.2, -0.15) is 5.26 Å². The Balaban J connectivity index is 1.60. The zero-order valence-corrected chi connectivity index (χ0v) is 16.7. The fourth-order valence-corrected chi connectivity index (χ4v) is 4.59. The van der Waals surface area contributed by atoms with E-state index in [2.05, 4.69) is 10.8 Å². The lowest BCUT2D eigenvalue weighted by atomic mass is 9.97. The highest BCUT2D eigenvalue weighted by atomic mass is 32.2. The van der Waals surface area contributed by atoms with Crippen LogP contribution in [0.4, 0.5) is 0 Å². The van der Waals surface area contributed by atoms with Crippen LogP contribution in [0.5, 0.6) is 5.75 Å². The number of rotatable bonds is 7. The predicted octanol–water partition coefficient (Wildman–Crippen LogP) is 3.01. The molecule has 0 amide bonds. The van der Waals surface area contributed by atoms with Crippen molar-refractivity contribution < 1.29 is 17.9 Å². The largest absolute Gasteiger partial charge is 0.493 e. The first kappa shape index (κ1) is 19.8. The molecule has 2 aromatic rings. The maximum atomic E-state index is 11.9. The molecule has 1 N–H and O–H groups in total. The Hall–Kier alpha value is -1.92. The Morgan fingerprint density at radius 2 is 2.07 bits per heavy atom. The molecule has 1 aromatic heterocycles. The first-order valence-corrected chi connectivity index (χ1v) is 11.3. The SMILES string of the molecule is CCS(=O)(=O)N[C@H]1COCC[C@@H]1COc1ccc(-c2ccc(C#N)s2)cc1. The monoisotopic (exact) mass is 406 g/mol. The second kappa shape index (κ2) is 8.85. The van der Waals surface area contributed by atoms with Crippen molar-refractivity contribution in [2.45, 2.75) is 19.4 Å². The predicted molar refractivity (Wildman–Crippen MR) is 105 cm³/mol. The Kier molecular flexibility index (Phi) is 6.50. The quantitative estimate of drug-likeness (QED) is 0.764. The highest BCUT2D eigenvalue weighted by molar-refractivity contribution is 7.89. The van der Waals surface area contributed by atoms with Crippen LogP contribution in [0.3, 0.4) is 0 Å². The smallest absolute Gasteiger partial charge is 0.211 e. The van der Waals surface area contributed by atoms with Gasteiger partial charge in [0.2, 0.25) is 10.0 Å². The molecular weight excluding hydrogens is 384 g/mol. The third-order valence-electron chi connectivity index (χ3n) is 4.53. The van der Waals surface area contributed by atoms with E-state index in [4.69, 9.17) is 14.7 Å². The third-order valence-corrected chi connectivity index (χ3v) is 6.99. The maximum Gasteiger partial charge on any atom is 0.211 e. The molecule has 2 atom stereocenters. The minimum absolute atomic E-state index is 0.0504. The van der Waals surface area contributed by atoms with Crippen molar-refractivity contribution in [1.29, 1.82) is 5.26 Å². The number of hydrogen-bond acceptors (Lipinski definition) is 6. The minimum atomic E-state index is -3.28. The van der Waals surface area contributed by atoms with Gasteiger partial charge in [0.25, 0.3) is 0 Å². The van der Waals surface area contributed by atoms with Crippen molar-refractivity contribution in [2.75, 3.05) is 25.6 Å². The highest BCUT2D eigenvalue weighted by Crippen LogP contribution is 2.29. The van der Waals surface area contributed by atoms with E-state index < -0.39 is 10.0 Å². The van der Waals surface area contributed by atoms with Crippen molar-refractivity contribution >= 4 is 21.4 Å². The van der Waals surface area contributed by atoms with Crippen LogP contribution in [-0.4, -0.2) is 40.0 Å². The molecule has 0 spiro atoms. The van der Waals surface area contributed by atoms with Crippen LogP contribution < -0.4 is 9.46 Å². The molecule has 0 bridgehead atoms. The summed E-state index contributed by atoms with van der Waals surface area (Å²) in [6.07, 6.45) is 0.751. The molecule has 0 unspecified atom stereocenters. The van der Waals surface area contributed by atoms with Gasteiger partial charge in [-0.1, -0.05) is 0 Å². The molecule has 1 aliphatic rings. The van der Waals surface area contributed by atoms with Crippen molar-refractivity contribution in [1.82, 2.24) is 4.72 Å². The molecule has 1 fully saturated rings. The first-order chi connectivity index (χ1) is 13.0. The number of hydrogen-bond donors (Lipinski definition) is 1. The van der Waals surface area contributed by atoms with Gasteiger partial charge >= 0.3 is 0 Å². The summed E-state index contributed by atoms with van der Waals surface area (Å²) < 4.78 is 37.8. The zero-order valence-electron chi connectivity index (χ0n) is 15.1. The molecule has 1 saturated heterocycles. The van der Waals surface area contributed by atoms with Crippen molar-refractivity contribution in [3.63, 3.8) is 0 Å². The molecule has 6 nitrogen and oxygen atoms in total. The fourth-order valence-electron chi connectivity index (χ4n) is 2.90. The number of nitriles is 1. The second-order valence-corrected chi connectivity index (χ2v) is 9.49. The van der Waals surface area contributed by atoms with E-state index in [0.717, 1.165) is 22.6 Å². The lowest BCUT2D eigenvalue weighted by Crippen LogP contribution is -2.48. The normalized spacial score (nSPS) is 20.1. The summed E-state index contributed by atoms with van der Waals surface area (Å²) in [5.41, 5.74) is 1.04. The standard InChI is InChI=1S/C19H22N2O4S2/c1-2-27(22,23)21-18-13-24-10-9-15(18)12-25-16-5-3-14(4-6-16)19-8-7-17(11-20)26-19/h3-8,15,18,21H,2,9-10,12-13H2,1H3/t15-,18+/m1/s1. The Bertz CT molecular complexity index is 901. The summed E-state index contributed by atoms with van der Waals surface area (Å²) in [5.74, 6) is 0.851. The van der Waals surface area contributed by atoms with Gasteiger partial charge in [0.05, 0.1) is 25.0 Å². The minimum Gasteiger partial charge on any atom is -0.493 e. The third kappa shape index (κ3) is 5.30. The van der Waals surface area contributed by atoms with E-state index >= 15 is 0 Å². The molecule has 144 valence electrons. The number of nitrogens with one attached hydrogen (secondary N) is 1. The summed E-state index contributed by atoms with van der Waals surface area (Å²) in [7, 11) is -3.28. The topological polar surface area (TPSA) is 88.4 Å². The van der Waals surface area contributed by atoms with Gasteiger partial charge < -0.3 is 9.47 Å². The van der Waals surface area contributed by atoms with Gasteiger partial charge in [-0.15, -0.1) is 11.3 Å².